The van der Waals surface area contributed by atoms with Crippen molar-refractivity contribution in [3.63, 3.8) is 0 Å². The van der Waals surface area contributed by atoms with Crippen LogP contribution in [0.25, 0.3) is 0 Å². The number of nitrogens with one attached hydrogen (secondary N) is 3. The van der Waals surface area contributed by atoms with E-state index in [-0.39, 0.29) is 24.5 Å². The van der Waals surface area contributed by atoms with Crippen LogP contribution in [0.2, 0.25) is 0 Å². The van der Waals surface area contributed by atoms with Gasteiger partial charge in [-0.2, -0.15) is 13.2 Å². The molecule has 164 valence electrons. The van der Waals surface area contributed by atoms with Crippen molar-refractivity contribution in [2.75, 3.05) is 18.4 Å². The summed E-state index contributed by atoms with van der Waals surface area (Å²) < 4.78 is 44.5. The summed E-state index contributed by atoms with van der Waals surface area (Å²) in [5, 5.41) is 7.91. The molecule has 0 atom stereocenters. The Kier molecular flexibility index (Phi) is 8.05. The molecule has 0 bridgehead atoms. The molecule has 0 saturated carbocycles. The van der Waals surface area contributed by atoms with Gasteiger partial charge in [0, 0.05) is 25.8 Å². The zero-order valence-electron chi connectivity index (χ0n) is 17.3. The Labute approximate surface area is 174 Å². The number of urea groups is 1. The topological polar surface area (TPSA) is 75.3 Å². The number of alkyl halides is 3. The first-order valence-corrected chi connectivity index (χ1v) is 9.54. The molecular formula is C21H27F3N4O2. The van der Waals surface area contributed by atoms with Crippen molar-refractivity contribution in [3.05, 3.63) is 59.3 Å². The molecule has 6 nitrogen and oxygen atoms in total. The standard InChI is InChI=1S/C21H27F3N4O2/c1-20(2,3)30-14-16-7-4-6-15(12-16)13-28-19(29)27-11-10-26-18-17(21(22,23)24)8-5-9-25-18/h4-9,12H,10-11,13-14H2,1-3H3,(H,25,26)(H2,27,28,29). The summed E-state index contributed by atoms with van der Waals surface area (Å²) in [5.74, 6) is -0.263. The van der Waals surface area contributed by atoms with Crippen LogP contribution in [0, 0.1) is 0 Å². The minimum Gasteiger partial charge on any atom is -0.371 e. The summed E-state index contributed by atoms with van der Waals surface area (Å²) in [6.07, 6.45) is -3.22. The lowest BCUT2D eigenvalue weighted by atomic mass is 10.1. The molecule has 0 spiro atoms. The lowest BCUT2D eigenvalue weighted by Gasteiger charge is -2.19. The Bertz CT molecular complexity index is 835. The van der Waals surface area contributed by atoms with E-state index in [1.54, 1.807) is 0 Å². The Morgan fingerprint density at radius 3 is 2.47 bits per heavy atom. The number of nitrogens with zero attached hydrogens (tertiary/aromatic N) is 1. The first-order valence-electron chi connectivity index (χ1n) is 9.54. The highest BCUT2D eigenvalue weighted by molar-refractivity contribution is 5.73. The Morgan fingerprint density at radius 1 is 1.03 bits per heavy atom. The lowest BCUT2D eigenvalue weighted by Crippen LogP contribution is -2.37. The van der Waals surface area contributed by atoms with Crippen LogP contribution >= 0.6 is 0 Å². The van der Waals surface area contributed by atoms with Gasteiger partial charge >= 0.3 is 12.2 Å². The Balaban J connectivity index is 1.74. The molecule has 0 aliphatic heterocycles. The van der Waals surface area contributed by atoms with Crippen molar-refractivity contribution in [1.29, 1.82) is 0 Å². The van der Waals surface area contributed by atoms with Crippen LogP contribution in [0.4, 0.5) is 23.8 Å². The van der Waals surface area contributed by atoms with Crippen LogP contribution < -0.4 is 16.0 Å². The molecule has 0 aliphatic carbocycles. The highest BCUT2D eigenvalue weighted by Gasteiger charge is 2.33. The van der Waals surface area contributed by atoms with E-state index in [9.17, 15) is 18.0 Å². The summed E-state index contributed by atoms with van der Waals surface area (Å²) in [7, 11) is 0. The molecule has 30 heavy (non-hydrogen) atoms. The minimum absolute atomic E-state index is 0.104. The maximum absolute atomic E-state index is 12.9. The van der Waals surface area contributed by atoms with Gasteiger partial charge < -0.3 is 20.7 Å². The van der Waals surface area contributed by atoms with Gasteiger partial charge in [0.25, 0.3) is 0 Å². The second-order valence-corrected chi connectivity index (χ2v) is 7.65. The van der Waals surface area contributed by atoms with Crippen molar-refractivity contribution in [2.24, 2.45) is 0 Å². The molecule has 2 aromatic rings. The van der Waals surface area contributed by atoms with Gasteiger partial charge in [0.15, 0.2) is 0 Å². The summed E-state index contributed by atoms with van der Waals surface area (Å²) in [6.45, 7) is 6.98. The van der Waals surface area contributed by atoms with Gasteiger partial charge in [0.05, 0.1) is 17.8 Å². The molecule has 9 heteroatoms. The molecular weight excluding hydrogens is 397 g/mol. The number of hydrogen-bond donors (Lipinski definition) is 3. The van der Waals surface area contributed by atoms with Crippen molar-refractivity contribution in [1.82, 2.24) is 15.6 Å². The molecule has 0 saturated heterocycles. The molecule has 2 rings (SSSR count). The number of ether oxygens (including phenoxy) is 1. The molecule has 0 unspecified atom stereocenters. The van der Waals surface area contributed by atoms with Gasteiger partial charge in [0.2, 0.25) is 0 Å². The maximum Gasteiger partial charge on any atom is 0.419 e. The highest BCUT2D eigenvalue weighted by Crippen LogP contribution is 2.33. The van der Waals surface area contributed by atoms with Gasteiger partial charge in [-0.05, 0) is 44.0 Å². The van der Waals surface area contributed by atoms with Crippen molar-refractivity contribution in [3.8, 4) is 0 Å². The van der Waals surface area contributed by atoms with Crippen molar-refractivity contribution >= 4 is 11.8 Å². The third-order valence-corrected chi connectivity index (χ3v) is 3.93. The molecule has 0 fully saturated rings. The maximum atomic E-state index is 12.9. The number of pyridine rings is 1. The number of rotatable bonds is 8. The van der Waals surface area contributed by atoms with Gasteiger partial charge in [0.1, 0.15) is 5.82 Å². The number of carbonyl (C=O) groups is 1. The Morgan fingerprint density at radius 2 is 1.77 bits per heavy atom. The third kappa shape index (κ3) is 8.28. The average Bonchev–Trinajstić information content (AvgIpc) is 2.67. The fourth-order valence-electron chi connectivity index (χ4n) is 2.51. The van der Waals surface area contributed by atoms with E-state index in [0.717, 1.165) is 17.2 Å². The lowest BCUT2D eigenvalue weighted by molar-refractivity contribution is -0.137. The number of halogens is 3. The largest absolute Gasteiger partial charge is 0.419 e. The number of hydrogen-bond acceptors (Lipinski definition) is 4. The summed E-state index contributed by atoms with van der Waals surface area (Å²) in [6, 6.07) is 9.46. The zero-order valence-corrected chi connectivity index (χ0v) is 17.3. The van der Waals surface area contributed by atoms with Crippen LogP contribution in [-0.4, -0.2) is 29.7 Å². The van der Waals surface area contributed by atoms with Gasteiger partial charge in [-0.3, -0.25) is 0 Å². The van der Waals surface area contributed by atoms with Gasteiger partial charge in [-0.1, -0.05) is 24.3 Å². The summed E-state index contributed by atoms with van der Waals surface area (Å²) >= 11 is 0. The molecule has 1 aromatic carbocycles. The van der Waals surface area contributed by atoms with E-state index in [1.807, 2.05) is 45.0 Å². The molecule has 1 aromatic heterocycles. The monoisotopic (exact) mass is 424 g/mol. The SMILES string of the molecule is CC(C)(C)OCc1cccc(CNC(=O)NCCNc2ncccc2C(F)(F)F)c1. The summed E-state index contributed by atoms with van der Waals surface area (Å²) in [4.78, 5) is 15.6. The smallest absolute Gasteiger partial charge is 0.371 e. The molecule has 1 heterocycles. The third-order valence-electron chi connectivity index (χ3n) is 3.93. The van der Waals surface area contributed by atoms with Crippen LogP contribution in [0.15, 0.2) is 42.6 Å². The fourth-order valence-corrected chi connectivity index (χ4v) is 2.51. The van der Waals surface area contributed by atoms with E-state index >= 15 is 0 Å². The number of aromatic nitrogens is 1. The first-order chi connectivity index (χ1) is 14.0. The second-order valence-electron chi connectivity index (χ2n) is 7.65. The van der Waals surface area contributed by atoms with Crippen LogP contribution in [0.1, 0.15) is 37.5 Å². The van der Waals surface area contributed by atoms with Crippen molar-refractivity contribution < 1.29 is 22.7 Å². The normalized spacial score (nSPS) is 11.8. The van der Waals surface area contributed by atoms with Gasteiger partial charge in [-0.15, -0.1) is 0 Å². The first kappa shape index (κ1) is 23.5. The fraction of sp³-hybridized carbons (Fsp3) is 0.429. The van der Waals surface area contributed by atoms with Crippen LogP contribution in [0.5, 0.6) is 0 Å². The van der Waals surface area contributed by atoms with Crippen LogP contribution in [0.3, 0.4) is 0 Å². The minimum atomic E-state index is -4.49. The second kappa shape index (κ2) is 10.3. The molecule has 0 radical (unpaired) electrons. The average molecular weight is 424 g/mol. The molecule has 0 aliphatic rings. The van der Waals surface area contributed by atoms with Crippen LogP contribution in [-0.2, 0) is 24.1 Å². The van der Waals surface area contributed by atoms with Crippen molar-refractivity contribution in [2.45, 2.75) is 45.7 Å². The number of anilines is 1. The number of carbonyl (C=O) groups excluding carboxylic acids is 1. The predicted molar refractivity (Wildman–Crippen MR) is 109 cm³/mol. The molecule has 2 amide bonds. The zero-order chi connectivity index (χ0) is 22.2. The highest BCUT2D eigenvalue weighted by atomic mass is 19.4. The van der Waals surface area contributed by atoms with E-state index in [1.165, 1.54) is 12.3 Å². The van der Waals surface area contributed by atoms with E-state index < -0.39 is 17.8 Å². The van der Waals surface area contributed by atoms with E-state index in [2.05, 4.69) is 20.9 Å². The number of amides is 2. The quantitative estimate of drug-likeness (QED) is 0.552. The Hall–Kier alpha value is -2.81. The predicted octanol–water partition coefficient (Wildman–Crippen LogP) is 4.33. The number of benzene rings is 1. The van der Waals surface area contributed by atoms with E-state index in [4.69, 9.17) is 4.74 Å². The molecule has 3 N–H and O–H groups in total. The summed E-state index contributed by atoms with van der Waals surface area (Å²) in [5.41, 5.74) is 0.842. The van der Waals surface area contributed by atoms with Gasteiger partial charge in [-0.25, -0.2) is 9.78 Å². The van der Waals surface area contributed by atoms with E-state index in [0.29, 0.717) is 13.2 Å².